The average molecular weight is 1080 g/mol. The number of amides is 7. The molecule has 0 unspecified atom stereocenters. The van der Waals surface area contributed by atoms with Crippen molar-refractivity contribution >= 4 is 63.9 Å². The number of aliphatic imine (C=N–C) groups is 1. The molecule has 1 aliphatic heterocycles. The quantitative estimate of drug-likeness (QED) is 0.0202. The second-order valence-electron chi connectivity index (χ2n) is 20.6. The Bertz CT molecular complexity index is 2770. The molecule has 5 rings (SSSR count). The van der Waals surface area contributed by atoms with Gasteiger partial charge in [-0.25, -0.2) is 9.97 Å². The lowest BCUT2D eigenvalue weighted by Gasteiger charge is -2.38. The van der Waals surface area contributed by atoms with Crippen molar-refractivity contribution < 1.29 is 38.7 Å². The molecule has 1 aliphatic rings. The number of nitrogens with two attached hydrogens (primary N) is 3. The Labute approximate surface area is 453 Å². The first-order valence-electron chi connectivity index (χ1n) is 26.4. The lowest BCUT2D eigenvalue weighted by molar-refractivity contribution is -0.139. The molecular weight excluding hydrogens is 1000 g/mol. The second kappa shape index (κ2) is 28.9. The number of carbonyl (C=O) groups excluding carboxylic acids is 7. The van der Waals surface area contributed by atoms with Crippen molar-refractivity contribution in [1.29, 1.82) is 0 Å². The van der Waals surface area contributed by atoms with Crippen molar-refractivity contribution in [3.05, 3.63) is 82.9 Å². The molecule has 3 heterocycles. The number of fused-ring (bicyclic) bond motifs is 1. The van der Waals surface area contributed by atoms with Crippen LogP contribution in [-0.4, -0.2) is 153 Å². The van der Waals surface area contributed by atoms with Gasteiger partial charge in [0, 0.05) is 75.6 Å². The van der Waals surface area contributed by atoms with Crippen molar-refractivity contribution in [2.45, 2.75) is 123 Å². The number of phenols is 1. The molecule has 0 spiro atoms. The first-order valence-corrected chi connectivity index (χ1v) is 26.4. The summed E-state index contributed by atoms with van der Waals surface area (Å²) < 4.78 is 1.12. The zero-order chi connectivity index (χ0) is 57.1. The Morgan fingerprint density at radius 2 is 1.46 bits per heavy atom. The molecule has 1 saturated heterocycles. The van der Waals surface area contributed by atoms with E-state index in [1.165, 1.54) is 38.0 Å². The van der Waals surface area contributed by atoms with Crippen LogP contribution in [0.3, 0.4) is 0 Å². The van der Waals surface area contributed by atoms with Crippen molar-refractivity contribution in [2.75, 3.05) is 51.2 Å². The van der Waals surface area contributed by atoms with Gasteiger partial charge in [0.25, 0.3) is 5.56 Å². The number of hydrogen-bond acceptors (Lipinski definition) is 14. The Morgan fingerprint density at radius 1 is 0.808 bits per heavy atom. The fourth-order valence-corrected chi connectivity index (χ4v) is 8.72. The molecule has 0 saturated carbocycles. The van der Waals surface area contributed by atoms with Crippen LogP contribution in [0.15, 0.2) is 71.1 Å². The van der Waals surface area contributed by atoms with Gasteiger partial charge in [-0.1, -0.05) is 53.2 Å². The Balaban J connectivity index is 1.29. The number of phenolic OH excluding ortho intramolecular Hbond substituents is 1. The van der Waals surface area contributed by atoms with Crippen LogP contribution in [-0.2, 0) is 52.9 Å². The van der Waals surface area contributed by atoms with Gasteiger partial charge in [-0.3, -0.25) is 47.9 Å². The van der Waals surface area contributed by atoms with Gasteiger partial charge in [0.1, 0.15) is 42.5 Å². The summed E-state index contributed by atoms with van der Waals surface area (Å²) in [5, 5.41) is 26.5. The number of H-pyrrole nitrogens is 1. The van der Waals surface area contributed by atoms with Gasteiger partial charge < -0.3 is 69.0 Å². The number of carbonyl (C=O) groups is 7. The van der Waals surface area contributed by atoms with Crippen LogP contribution in [0.4, 0.5) is 5.69 Å². The zero-order valence-corrected chi connectivity index (χ0v) is 45.5. The van der Waals surface area contributed by atoms with Gasteiger partial charge in [-0.05, 0) is 80.5 Å². The monoisotopic (exact) mass is 1080 g/mol. The molecule has 1 fully saturated rings. The van der Waals surface area contributed by atoms with E-state index in [9.17, 15) is 43.5 Å². The fraction of sp³-hybridized carbons (Fsp3) is 0.528. The van der Waals surface area contributed by atoms with E-state index in [0.717, 1.165) is 4.57 Å². The summed E-state index contributed by atoms with van der Waals surface area (Å²) in [5.41, 5.74) is 17.8. The topological polar surface area (TPSA) is 372 Å². The standard InChI is InChI=1S/C53H78N16O9/c1-7-32(2)44(66-51(78)53(3,4)5)48(75)63-40(11-8-9-19-54)50(77)68-23-21-67(22-24-68)35-15-18-38-37(27-35)49(76)69(31-61-38)29-43(71)62-39(12-10-20-59-52(55)56)46(73)65-42(26-34-28-58-30-60-34)47(74)64-41(45(72)57-6)25-33-13-16-36(70)17-14-33/h13-18,27-28,30-32,39-42,44,70H,7-12,19-26,29,54H2,1-6H3,(H,57,72)(H,58,60)(H,62,71)(H,63,75)(H,64,74)(H,65,73)(H,66,78)(H4,55,56,59)/t32-,39-,40-,41-,42-,44-/m0/s1. The fourth-order valence-electron chi connectivity index (χ4n) is 8.72. The molecule has 78 heavy (non-hydrogen) atoms. The predicted octanol–water partition coefficient (Wildman–Crippen LogP) is -0.596. The zero-order valence-electron chi connectivity index (χ0n) is 45.5. The first kappa shape index (κ1) is 60.8. The summed E-state index contributed by atoms with van der Waals surface area (Å²) in [4.78, 5) is 129. The SMILES string of the molecule is CC[C@H](C)[C@H](NC(=O)C(C)(C)C)C(=O)N[C@@H](CCCCN)C(=O)N1CCN(c2ccc3ncn(CC(=O)N[C@@H](CCCN=C(N)N)C(=O)N[C@@H](Cc4cnc[nH]4)C(=O)N[C@@H](Cc4ccc(O)cc4)C(=O)NC)c(=O)c3c2)CC1. The highest BCUT2D eigenvalue weighted by atomic mass is 16.3. The van der Waals surface area contributed by atoms with Gasteiger partial charge in [-0.15, -0.1) is 0 Å². The van der Waals surface area contributed by atoms with E-state index in [-0.39, 0.29) is 67.1 Å². The van der Waals surface area contributed by atoms with E-state index in [4.69, 9.17) is 17.2 Å². The Morgan fingerprint density at radius 3 is 2.08 bits per heavy atom. The van der Waals surface area contributed by atoms with Gasteiger partial charge >= 0.3 is 0 Å². The normalized spacial score (nSPS) is 14.9. The van der Waals surface area contributed by atoms with E-state index < -0.39 is 77.3 Å². The second-order valence-corrected chi connectivity index (χ2v) is 20.6. The number of piperazine rings is 1. The summed E-state index contributed by atoms with van der Waals surface area (Å²) in [6.07, 6.45) is 6.62. The summed E-state index contributed by atoms with van der Waals surface area (Å²) in [6, 6.07) is 6.07. The van der Waals surface area contributed by atoms with Crippen LogP contribution in [0, 0.1) is 11.3 Å². The smallest absolute Gasteiger partial charge is 0.261 e. The molecule has 6 atom stereocenters. The third-order valence-corrected chi connectivity index (χ3v) is 13.6. The summed E-state index contributed by atoms with van der Waals surface area (Å²) >= 11 is 0. The minimum absolute atomic E-state index is 0.0150. The number of nitrogens with one attached hydrogen (secondary N) is 7. The molecule has 424 valence electrons. The number of aromatic hydroxyl groups is 1. The van der Waals surface area contributed by atoms with Crippen molar-refractivity contribution in [3.8, 4) is 5.75 Å². The number of hydrogen-bond donors (Lipinski definition) is 11. The highest BCUT2D eigenvalue weighted by Gasteiger charge is 2.35. The summed E-state index contributed by atoms with van der Waals surface area (Å²) in [6.45, 7) is 10.6. The Kier molecular flexibility index (Phi) is 22.5. The van der Waals surface area contributed by atoms with Crippen LogP contribution in [0.25, 0.3) is 10.9 Å². The largest absolute Gasteiger partial charge is 0.508 e. The number of unbranched alkanes of at least 4 members (excludes halogenated alkanes) is 1. The first-order chi connectivity index (χ1) is 37.1. The van der Waals surface area contributed by atoms with Crippen molar-refractivity contribution in [3.63, 3.8) is 0 Å². The number of imidazole rings is 1. The highest BCUT2D eigenvalue weighted by molar-refractivity contribution is 5.95. The molecule has 7 amide bonds. The lowest BCUT2D eigenvalue weighted by Crippen LogP contribution is -2.59. The minimum Gasteiger partial charge on any atom is -0.508 e. The van der Waals surface area contributed by atoms with E-state index in [1.54, 1.807) is 49.9 Å². The average Bonchev–Trinajstić information content (AvgIpc) is 3.96. The maximum Gasteiger partial charge on any atom is 0.261 e. The number of benzene rings is 2. The maximum absolute atomic E-state index is 14.2. The van der Waals surface area contributed by atoms with Gasteiger partial charge in [0.15, 0.2) is 5.96 Å². The van der Waals surface area contributed by atoms with E-state index >= 15 is 0 Å². The number of nitrogens with zero attached hydrogens (tertiary/aromatic N) is 6. The Hall–Kier alpha value is -8.09. The molecule has 0 aliphatic carbocycles. The molecular formula is C53H78N16O9. The number of aromatic nitrogens is 4. The molecule has 4 aromatic rings. The molecule has 14 N–H and O–H groups in total. The molecule has 2 aromatic carbocycles. The lowest BCUT2D eigenvalue weighted by atomic mass is 9.92. The van der Waals surface area contributed by atoms with Crippen LogP contribution >= 0.6 is 0 Å². The van der Waals surface area contributed by atoms with Gasteiger partial charge in [-0.2, -0.15) is 0 Å². The molecule has 0 radical (unpaired) electrons. The third kappa shape index (κ3) is 17.7. The van der Waals surface area contributed by atoms with Crippen LogP contribution in [0.1, 0.15) is 84.4 Å². The number of rotatable bonds is 27. The predicted molar refractivity (Wildman–Crippen MR) is 294 cm³/mol. The molecule has 25 heteroatoms. The minimum atomic E-state index is -1.27. The third-order valence-electron chi connectivity index (χ3n) is 13.6. The molecule has 2 aromatic heterocycles. The number of aromatic amines is 1. The van der Waals surface area contributed by atoms with E-state index in [1.807, 2.05) is 24.8 Å². The highest BCUT2D eigenvalue weighted by Crippen LogP contribution is 2.22. The van der Waals surface area contributed by atoms with Crippen LogP contribution in [0.5, 0.6) is 5.75 Å². The number of likely N-dealkylation sites (N-methyl/N-ethyl adjacent to an activating group) is 1. The van der Waals surface area contributed by atoms with Crippen molar-refractivity contribution in [2.24, 2.45) is 33.5 Å². The van der Waals surface area contributed by atoms with E-state index in [0.29, 0.717) is 80.9 Å². The summed E-state index contributed by atoms with van der Waals surface area (Å²) in [5.74, 6) is -3.94. The van der Waals surface area contributed by atoms with Gasteiger partial charge in [0.05, 0.1) is 23.6 Å². The van der Waals surface area contributed by atoms with Crippen LogP contribution < -0.4 is 59.6 Å². The summed E-state index contributed by atoms with van der Waals surface area (Å²) in [7, 11) is 1.42. The maximum atomic E-state index is 14.2. The number of guanidine groups is 1. The van der Waals surface area contributed by atoms with Gasteiger partial charge in [0.2, 0.25) is 41.4 Å². The molecule has 25 nitrogen and oxygen atoms in total. The van der Waals surface area contributed by atoms with E-state index in [2.05, 4.69) is 51.8 Å². The van der Waals surface area contributed by atoms with Crippen LogP contribution in [0.2, 0.25) is 0 Å². The van der Waals surface area contributed by atoms with Crippen molar-refractivity contribution in [1.82, 2.24) is 56.3 Å². The number of anilines is 1. The molecule has 0 bridgehead atoms.